The van der Waals surface area contributed by atoms with Crippen LogP contribution in [0.3, 0.4) is 0 Å². The number of piperidine rings is 1. The van der Waals surface area contributed by atoms with Gasteiger partial charge < -0.3 is 14.8 Å². The second kappa shape index (κ2) is 7.76. The van der Waals surface area contributed by atoms with E-state index in [2.05, 4.69) is 10.6 Å². The highest BCUT2D eigenvalue weighted by molar-refractivity contribution is 6.02. The molecule has 1 heterocycles. The lowest BCUT2D eigenvalue weighted by Gasteiger charge is -2.37. The summed E-state index contributed by atoms with van der Waals surface area (Å²) in [6, 6.07) is 6.41. The van der Waals surface area contributed by atoms with Gasteiger partial charge in [0.2, 0.25) is 11.8 Å². The summed E-state index contributed by atoms with van der Waals surface area (Å²) in [7, 11) is 1.59. The first-order valence-electron chi connectivity index (χ1n) is 9.00. The third-order valence-corrected chi connectivity index (χ3v) is 4.99. The van der Waals surface area contributed by atoms with Crippen LogP contribution in [0, 0.1) is 0 Å². The van der Waals surface area contributed by atoms with Gasteiger partial charge in [-0.05, 0) is 56.4 Å². The molecule has 2 fully saturated rings. The van der Waals surface area contributed by atoms with Crippen molar-refractivity contribution in [1.82, 2.24) is 10.6 Å². The van der Waals surface area contributed by atoms with Crippen molar-refractivity contribution in [3.05, 3.63) is 24.3 Å². The van der Waals surface area contributed by atoms with Crippen LogP contribution in [0.5, 0.6) is 11.5 Å². The normalized spacial score (nSPS) is 22.3. The van der Waals surface area contributed by atoms with Crippen LogP contribution >= 0.6 is 0 Å². The lowest BCUT2D eigenvalue weighted by molar-refractivity contribution is -0.145. The van der Waals surface area contributed by atoms with E-state index >= 15 is 0 Å². The Morgan fingerprint density at radius 2 is 1.77 bits per heavy atom. The van der Waals surface area contributed by atoms with Gasteiger partial charge in [0.15, 0.2) is 5.60 Å². The summed E-state index contributed by atoms with van der Waals surface area (Å²) in [5.41, 5.74) is -0.991. The Morgan fingerprint density at radius 1 is 1.12 bits per heavy atom. The van der Waals surface area contributed by atoms with Gasteiger partial charge in [0, 0.05) is 6.42 Å². The summed E-state index contributed by atoms with van der Waals surface area (Å²) >= 11 is 0. The monoisotopic (exact) mass is 360 g/mol. The Kier molecular flexibility index (Phi) is 5.44. The molecule has 7 nitrogen and oxygen atoms in total. The number of nitrogens with one attached hydrogen (secondary N) is 2. The third-order valence-electron chi connectivity index (χ3n) is 4.99. The Bertz CT molecular complexity index is 680. The van der Waals surface area contributed by atoms with Crippen LogP contribution in [0.2, 0.25) is 0 Å². The largest absolute Gasteiger partial charge is 0.497 e. The molecule has 1 aromatic carbocycles. The van der Waals surface area contributed by atoms with Gasteiger partial charge in [-0.25, -0.2) is 0 Å². The molecule has 0 bridgehead atoms. The number of carbonyl (C=O) groups is 3. The highest BCUT2D eigenvalue weighted by Gasteiger charge is 2.44. The SMILES string of the molecule is COc1ccc(OC2(C(=O)NC3CCC(=O)NC3=O)CCCCC2)cc1. The Hall–Kier alpha value is -2.57. The molecule has 1 aliphatic heterocycles. The van der Waals surface area contributed by atoms with E-state index in [1.807, 2.05) is 0 Å². The molecule has 0 radical (unpaired) electrons. The molecule has 0 aromatic heterocycles. The van der Waals surface area contributed by atoms with Crippen LogP contribution in [0.25, 0.3) is 0 Å². The fraction of sp³-hybridized carbons (Fsp3) is 0.526. The zero-order valence-corrected chi connectivity index (χ0v) is 14.9. The zero-order valence-electron chi connectivity index (χ0n) is 14.9. The molecular weight excluding hydrogens is 336 g/mol. The molecular formula is C19H24N2O5. The second-order valence-electron chi connectivity index (χ2n) is 6.81. The fourth-order valence-electron chi connectivity index (χ4n) is 3.49. The molecule has 3 amide bonds. The van der Waals surface area contributed by atoms with Gasteiger partial charge in [-0.2, -0.15) is 0 Å². The molecule has 140 valence electrons. The minimum Gasteiger partial charge on any atom is -0.497 e. The first-order chi connectivity index (χ1) is 12.5. The Labute approximate surface area is 152 Å². The van der Waals surface area contributed by atoms with Crippen molar-refractivity contribution in [3.63, 3.8) is 0 Å². The quantitative estimate of drug-likeness (QED) is 0.780. The van der Waals surface area contributed by atoms with Gasteiger partial charge in [0.1, 0.15) is 17.5 Å². The highest BCUT2D eigenvalue weighted by atomic mass is 16.5. The highest BCUT2D eigenvalue weighted by Crippen LogP contribution is 2.34. The molecule has 1 aromatic rings. The van der Waals surface area contributed by atoms with Crippen molar-refractivity contribution in [2.24, 2.45) is 0 Å². The predicted molar refractivity (Wildman–Crippen MR) is 93.8 cm³/mol. The van der Waals surface area contributed by atoms with Crippen molar-refractivity contribution >= 4 is 17.7 Å². The molecule has 26 heavy (non-hydrogen) atoms. The van der Waals surface area contributed by atoms with E-state index in [1.165, 1.54) is 0 Å². The smallest absolute Gasteiger partial charge is 0.264 e. The van der Waals surface area contributed by atoms with Crippen LogP contribution in [0.1, 0.15) is 44.9 Å². The number of methoxy groups -OCH3 is 1. The van der Waals surface area contributed by atoms with Crippen molar-refractivity contribution in [1.29, 1.82) is 0 Å². The summed E-state index contributed by atoms with van der Waals surface area (Å²) in [6.45, 7) is 0. The number of ether oxygens (including phenoxy) is 2. The lowest BCUT2D eigenvalue weighted by atomic mass is 9.83. The Morgan fingerprint density at radius 3 is 2.38 bits per heavy atom. The first kappa shape index (κ1) is 18.2. The zero-order chi connectivity index (χ0) is 18.6. The van der Waals surface area contributed by atoms with E-state index in [9.17, 15) is 14.4 Å². The van der Waals surface area contributed by atoms with Crippen LogP contribution in [0.15, 0.2) is 24.3 Å². The molecule has 1 saturated carbocycles. The van der Waals surface area contributed by atoms with Gasteiger partial charge in [0.05, 0.1) is 7.11 Å². The topological polar surface area (TPSA) is 93.7 Å². The minimum atomic E-state index is -0.991. The number of amides is 3. The molecule has 1 aliphatic carbocycles. The van der Waals surface area contributed by atoms with Gasteiger partial charge >= 0.3 is 0 Å². The maximum Gasteiger partial charge on any atom is 0.264 e. The molecule has 1 unspecified atom stereocenters. The van der Waals surface area contributed by atoms with E-state index < -0.39 is 17.6 Å². The van der Waals surface area contributed by atoms with E-state index in [1.54, 1.807) is 31.4 Å². The molecule has 2 aliphatic rings. The molecule has 2 N–H and O–H groups in total. The molecule has 7 heteroatoms. The first-order valence-corrected chi connectivity index (χ1v) is 9.00. The van der Waals surface area contributed by atoms with Crippen molar-refractivity contribution in [2.45, 2.75) is 56.6 Å². The van der Waals surface area contributed by atoms with Crippen molar-refractivity contribution < 1.29 is 23.9 Å². The van der Waals surface area contributed by atoms with Gasteiger partial charge in [-0.3, -0.25) is 19.7 Å². The van der Waals surface area contributed by atoms with Gasteiger partial charge in [-0.15, -0.1) is 0 Å². The summed E-state index contributed by atoms with van der Waals surface area (Å²) in [6.07, 6.45) is 4.56. The average molecular weight is 360 g/mol. The Balaban J connectivity index is 1.74. The van der Waals surface area contributed by atoms with Crippen molar-refractivity contribution in [3.8, 4) is 11.5 Å². The molecule has 1 atom stereocenters. The summed E-state index contributed by atoms with van der Waals surface area (Å²) in [5, 5.41) is 5.05. The van der Waals surface area contributed by atoms with Crippen LogP contribution in [-0.4, -0.2) is 36.5 Å². The number of benzene rings is 1. The molecule has 3 rings (SSSR count). The fourth-order valence-corrected chi connectivity index (χ4v) is 3.49. The lowest BCUT2D eigenvalue weighted by Crippen LogP contribution is -2.59. The standard InChI is InChI=1S/C19H24N2O5/c1-25-13-5-7-14(8-6-13)26-19(11-3-2-4-12-19)18(24)20-15-9-10-16(22)21-17(15)23/h5-8,15H,2-4,9-12H2,1H3,(H,20,24)(H,21,22,23). The number of rotatable bonds is 5. The predicted octanol–water partition coefficient (Wildman–Crippen LogP) is 1.70. The van der Waals surface area contributed by atoms with Crippen LogP contribution < -0.4 is 20.1 Å². The van der Waals surface area contributed by atoms with Gasteiger partial charge in [0.25, 0.3) is 5.91 Å². The van der Waals surface area contributed by atoms with Crippen molar-refractivity contribution in [2.75, 3.05) is 7.11 Å². The molecule has 0 spiro atoms. The number of carbonyl (C=O) groups excluding carboxylic acids is 3. The van der Waals surface area contributed by atoms with E-state index in [4.69, 9.17) is 9.47 Å². The summed E-state index contributed by atoms with van der Waals surface area (Å²) in [5.74, 6) is 0.254. The van der Waals surface area contributed by atoms with Crippen LogP contribution in [-0.2, 0) is 14.4 Å². The minimum absolute atomic E-state index is 0.225. The number of hydrogen-bond donors (Lipinski definition) is 2. The second-order valence-corrected chi connectivity index (χ2v) is 6.81. The van der Waals surface area contributed by atoms with E-state index in [-0.39, 0.29) is 18.2 Å². The molecule has 1 saturated heterocycles. The number of hydrogen-bond acceptors (Lipinski definition) is 5. The van der Waals surface area contributed by atoms with E-state index in [0.29, 0.717) is 30.8 Å². The summed E-state index contributed by atoms with van der Waals surface area (Å²) < 4.78 is 11.3. The maximum atomic E-state index is 13.0. The maximum absolute atomic E-state index is 13.0. The van der Waals surface area contributed by atoms with E-state index in [0.717, 1.165) is 19.3 Å². The van der Waals surface area contributed by atoms with Gasteiger partial charge in [-0.1, -0.05) is 6.42 Å². The van der Waals surface area contributed by atoms with Crippen LogP contribution in [0.4, 0.5) is 0 Å². The third kappa shape index (κ3) is 3.98. The summed E-state index contributed by atoms with van der Waals surface area (Å²) in [4.78, 5) is 36.3. The average Bonchev–Trinajstić information content (AvgIpc) is 2.65. The number of imide groups is 1.